The average molecular weight is 450 g/mol. The molecule has 1 fully saturated rings. The van der Waals surface area contributed by atoms with Gasteiger partial charge in [-0.1, -0.05) is 38.1 Å². The van der Waals surface area contributed by atoms with Gasteiger partial charge < -0.3 is 14.6 Å². The molecule has 1 N–H and O–H groups in total. The second kappa shape index (κ2) is 10.9. The zero-order valence-electron chi connectivity index (χ0n) is 19.9. The van der Waals surface area contributed by atoms with E-state index in [0.717, 1.165) is 53.9 Å². The van der Waals surface area contributed by atoms with Gasteiger partial charge >= 0.3 is 0 Å². The van der Waals surface area contributed by atoms with E-state index in [9.17, 15) is 5.11 Å². The van der Waals surface area contributed by atoms with E-state index in [1.807, 2.05) is 66.2 Å². The van der Waals surface area contributed by atoms with Crippen LogP contribution in [0.3, 0.4) is 0 Å². The summed E-state index contributed by atoms with van der Waals surface area (Å²) in [6, 6.07) is 17.8. The smallest absolute Gasteiger partial charge is 0.227 e. The van der Waals surface area contributed by atoms with Gasteiger partial charge in [-0.15, -0.1) is 0 Å². The quantitative estimate of drug-likeness (QED) is 0.411. The van der Waals surface area contributed by atoms with Gasteiger partial charge in [0.05, 0.1) is 30.2 Å². The number of hydrogen-bond donors (Lipinski definition) is 1. The van der Waals surface area contributed by atoms with Crippen molar-refractivity contribution < 1.29 is 14.6 Å². The van der Waals surface area contributed by atoms with Crippen molar-refractivity contribution in [2.45, 2.75) is 52.2 Å². The molecule has 0 unspecified atom stereocenters. The Morgan fingerprint density at radius 1 is 1.09 bits per heavy atom. The molecule has 0 radical (unpaired) electrons. The molecule has 1 aliphatic carbocycles. The molecule has 0 bridgehead atoms. The van der Waals surface area contributed by atoms with Gasteiger partial charge in [-0.2, -0.15) is 5.10 Å². The molecule has 4 rings (SSSR count). The minimum absolute atomic E-state index is 0.333. The number of aliphatic hydroxyl groups excluding tert-OH is 1. The molecule has 0 amide bonds. The highest BCUT2D eigenvalue weighted by Crippen LogP contribution is 2.35. The zero-order chi connectivity index (χ0) is 23.2. The molecule has 0 spiro atoms. The molecule has 1 saturated carbocycles. The van der Waals surface area contributed by atoms with Crippen LogP contribution in [-0.4, -0.2) is 46.1 Å². The van der Waals surface area contributed by atoms with E-state index in [1.165, 1.54) is 12.8 Å². The van der Waals surface area contributed by atoms with Crippen molar-refractivity contribution in [3.8, 4) is 23.1 Å². The summed E-state index contributed by atoms with van der Waals surface area (Å²) in [7, 11) is 1.66. The van der Waals surface area contributed by atoms with Crippen molar-refractivity contribution in [1.29, 1.82) is 0 Å². The summed E-state index contributed by atoms with van der Waals surface area (Å²) in [5, 5.41) is 15.4. The van der Waals surface area contributed by atoms with Crippen LogP contribution in [0.15, 0.2) is 54.6 Å². The van der Waals surface area contributed by atoms with Crippen molar-refractivity contribution in [3.05, 3.63) is 65.9 Å². The van der Waals surface area contributed by atoms with Crippen molar-refractivity contribution in [2.24, 2.45) is 5.92 Å². The second-order valence-corrected chi connectivity index (χ2v) is 8.81. The fraction of sp³-hybridized carbons (Fsp3) is 0.444. The summed E-state index contributed by atoms with van der Waals surface area (Å²) in [6.45, 7) is 6.51. The Balaban J connectivity index is 1.74. The topological polar surface area (TPSA) is 59.8 Å². The van der Waals surface area contributed by atoms with Crippen molar-refractivity contribution >= 4 is 0 Å². The van der Waals surface area contributed by atoms with Crippen LogP contribution >= 0.6 is 0 Å². The largest absolute Gasteiger partial charge is 0.497 e. The number of hydrogen-bond acceptors (Lipinski definition) is 5. The minimum Gasteiger partial charge on any atom is -0.497 e. The van der Waals surface area contributed by atoms with E-state index < -0.39 is 0 Å². The lowest BCUT2D eigenvalue weighted by atomic mass is 10.1. The molecule has 176 valence electrons. The van der Waals surface area contributed by atoms with Gasteiger partial charge in [0.15, 0.2) is 0 Å². The van der Waals surface area contributed by atoms with E-state index in [-0.39, 0.29) is 6.10 Å². The summed E-state index contributed by atoms with van der Waals surface area (Å²) in [6.07, 6.45) is 3.77. The lowest BCUT2D eigenvalue weighted by molar-refractivity contribution is 0.102. The van der Waals surface area contributed by atoms with Crippen LogP contribution in [-0.2, 0) is 13.0 Å². The molecule has 0 saturated heterocycles. The molecule has 2 aromatic carbocycles. The second-order valence-electron chi connectivity index (χ2n) is 8.81. The fourth-order valence-corrected chi connectivity index (χ4v) is 4.07. The third-order valence-corrected chi connectivity index (χ3v) is 6.15. The maximum absolute atomic E-state index is 10.4. The summed E-state index contributed by atoms with van der Waals surface area (Å²) in [4.78, 5) is 2.37. The van der Waals surface area contributed by atoms with Crippen molar-refractivity contribution in [3.63, 3.8) is 0 Å². The number of aryl methyl sites for hydroxylation is 1. The standard InChI is InChI=1S/C27H35N3O3/c1-4-22(31)18-29(17-20-14-15-20)19-25-26(5-2)28-30(21-10-7-6-8-11-21)27(25)33-24-13-9-12-23(16-24)32-3/h6-13,16,20,22,31H,4-5,14-15,17-19H2,1-3H3/t22-/m1/s1. The van der Waals surface area contributed by atoms with Gasteiger partial charge in [0, 0.05) is 25.7 Å². The van der Waals surface area contributed by atoms with Gasteiger partial charge in [0.25, 0.3) is 0 Å². The molecule has 1 atom stereocenters. The van der Waals surface area contributed by atoms with Crippen LogP contribution in [0.2, 0.25) is 0 Å². The summed E-state index contributed by atoms with van der Waals surface area (Å²) >= 11 is 0. The van der Waals surface area contributed by atoms with Gasteiger partial charge in [-0.05, 0) is 55.9 Å². The van der Waals surface area contributed by atoms with Crippen LogP contribution in [0.5, 0.6) is 17.4 Å². The van der Waals surface area contributed by atoms with Gasteiger partial charge in [0.2, 0.25) is 5.88 Å². The van der Waals surface area contributed by atoms with Crippen molar-refractivity contribution in [1.82, 2.24) is 14.7 Å². The first-order valence-corrected chi connectivity index (χ1v) is 12.0. The number of para-hydroxylation sites is 1. The van der Waals surface area contributed by atoms with E-state index in [1.54, 1.807) is 7.11 Å². The van der Waals surface area contributed by atoms with Crippen LogP contribution in [0.25, 0.3) is 5.69 Å². The minimum atomic E-state index is -0.333. The number of aliphatic hydroxyl groups is 1. The number of aromatic nitrogens is 2. The van der Waals surface area contributed by atoms with Gasteiger partial charge in [-0.25, -0.2) is 4.68 Å². The van der Waals surface area contributed by atoms with Crippen molar-refractivity contribution in [2.75, 3.05) is 20.2 Å². The molecule has 6 nitrogen and oxygen atoms in total. The third kappa shape index (κ3) is 5.95. The van der Waals surface area contributed by atoms with Crippen LogP contribution in [0.1, 0.15) is 44.4 Å². The zero-order valence-corrected chi connectivity index (χ0v) is 19.9. The number of methoxy groups -OCH3 is 1. The van der Waals surface area contributed by atoms with Gasteiger partial charge in [0.1, 0.15) is 11.5 Å². The van der Waals surface area contributed by atoms with Crippen LogP contribution in [0.4, 0.5) is 0 Å². The molecule has 0 aliphatic heterocycles. The normalized spacial score (nSPS) is 14.5. The first-order chi connectivity index (χ1) is 16.1. The monoisotopic (exact) mass is 449 g/mol. The lowest BCUT2D eigenvalue weighted by Crippen LogP contribution is -2.33. The predicted octanol–water partition coefficient (Wildman–Crippen LogP) is 5.22. The predicted molar refractivity (Wildman–Crippen MR) is 130 cm³/mol. The first-order valence-electron chi connectivity index (χ1n) is 12.0. The average Bonchev–Trinajstić information content (AvgIpc) is 3.60. The number of benzene rings is 2. The maximum atomic E-state index is 10.4. The van der Waals surface area contributed by atoms with E-state index in [0.29, 0.717) is 18.8 Å². The summed E-state index contributed by atoms with van der Waals surface area (Å²) in [5.41, 5.74) is 3.05. The highest BCUT2D eigenvalue weighted by atomic mass is 16.5. The Hall–Kier alpha value is -2.83. The Morgan fingerprint density at radius 3 is 2.52 bits per heavy atom. The van der Waals surface area contributed by atoms with Gasteiger partial charge in [-0.3, -0.25) is 4.90 Å². The number of nitrogens with zero attached hydrogens (tertiary/aromatic N) is 3. The molecule has 1 aliphatic rings. The van der Waals surface area contributed by atoms with E-state index >= 15 is 0 Å². The first kappa shape index (κ1) is 23.3. The number of rotatable bonds is 12. The Kier molecular flexibility index (Phi) is 7.68. The molecular weight excluding hydrogens is 414 g/mol. The highest BCUT2D eigenvalue weighted by molar-refractivity contribution is 5.44. The van der Waals surface area contributed by atoms with Crippen LogP contribution < -0.4 is 9.47 Å². The summed E-state index contributed by atoms with van der Waals surface area (Å²) < 4.78 is 13.8. The SMILES string of the molecule is CCc1nn(-c2ccccc2)c(Oc2cccc(OC)c2)c1CN(CC1CC1)C[C@H](O)CC. The molecule has 1 aromatic heterocycles. The Morgan fingerprint density at radius 2 is 1.85 bits per heavy atom. The third-order valence-electron chi connectivity index (χ3n) is 6.15. The summed E-state index contributed by atoms with van der Waals surface area (Å²) in [5.74, 6) is 2.90. The maximum Gasteiger partial charge on any atom is 0.227 e. The highest BCUT2D eigenvalue weighted by Gasteiger charge is 2.28. The Labute approximate surface area is 196 Å². The lowest BCUT2D eigenvalue weighted by Gasteiger charge is -2.25. The Bertz CT molecular complexity index is 1030. The molecule has 6 heteroatoms. The fourth-order valence-electron chi connectivity index (χ4n) is 4.07. The van der Waals surface area contributed by atoms with Crippen LogP contribution in [0, 0.1) is 5.92 Å². The van der Waals surface area contributed by atoms with E-state index in [4.69, 9.17) is 14.6 Å². The molecule has 1 heterocycles. The van der Waals surface area contributed by atoms with E-state index in [2.05, 4.69) is 11.8 Å². The number of ether oxygens (including phenoxy) is 2. The molecule has 33 heavy (non-hydrogen) atoms. The molecular formula is C27H35N3O3. The molecule has 3 aromatic rings.